The van der Waals surface area contributed by atoms with Crippen LogP contribution in [0.5, 0.6) is 11.5 Å². The maximum Gasteiger partial charge on any atom is 0.339 e. The summed E-state index contributed by atoms with van der Waals surface area (Å²) in [7, 11) is 0. The number of rotatable bonds is 9. The van der Waals surface area contributed by atoms with Gasteiger partial charge in [-0.2, -0.15) is 0 Å². The third-order valence-corrected chi connectivity index (χ3v) is 3.45. The van der Waals surface area contributed by atoms with Crippen molar-refractivity contribution in [2.24, 2.45) is 0 Å². The molecule has 0 spiro atoms. The molecule has 0 atom stereocenters. The minimum atomic E-state index is -1.22. The minimum absolute atomic E-state index is 0.233. The second-order valence-electron chi connectivity index (χ2n) is 5.19. The van der Waals surface area contributed by atoms with Crippen molar-refractivity contribution >= 4 is 5.97 Å². The summed E-state index contributed by atoms with van der Waals surface area (Å²) in [6, 6.07) is 2.88. The van der Waals surface area contributed by atoms with Crippen LogP contribution in [0.1, 0.15) is 67.8 Å². The number of carboxylic acid groups (broad SMARTS) is 1. The molecule has 1 aromatic carbocycles. The Labute approximate surface area is 120 Å². The van der Waals surface area contributed by atoms with Crippen molar-refractivity contribution in [3.63, 3.8) is 0 Å². The highest BCUT2D eigenvalue weighted by Crippen LogP contribution is 2.31. The Kier molecular flexibility index (Phi) is 6.91. The lowest BCUT2D eigenvalue weighted by atomic mass is 10.0. The summed E-state index contributed by atoms with van der Waals surface area (Å²) in [5.41, 5.74) is 0.522. The van der Waals surface area contributed by atoms with Crippen LogP contribution < -0.4 is 0 Å². The molecule has 112 valence electrons. The number of phenolic OH excluding ortho intramolecular Hbond substituents is 1. The highest BCUT2D eigenvalue weighted by molar-refractivity contribution is 5.92. The predicted octanol–water partition coefficient (Wildman–Crippen LogP) is 4.09. The zero-order valence-electron chi connectivity index (χ0n) is 12.1. The highest BCUT2D eigenvalue weighted by Gasteiger charge is 2.14. The van der Waals surface area contributed by atoms with Crippen molar-refractivity contribution < 1.29 is 20.1 Å². The molecule has 1 aromatic rings. The fraction of sp³-hybridized carbons (Fsp3) is 0.562. The van der Waals surface area contributed by atoms with E-state index in [2.05, 4.69) is 6.92 Å². The monoisotopic (exact) mass is 280 g/mol. The summed E-state index contributed by atoms with van der Waals surface area (Å²) in [5.74, 6) is -2.14. The molecule has 0 radical (unpaired) electrons. The molecule has 0 fully saturated rings. The number of phenols is 2. The van der Waals surface area contributed by atoms with E-state index in [1.54, 1.807) is 0 Å². The van der Waals surface area contributed by atoms with Crippen LogP contribution in [0.3, 0.4) is 0 Å². The molecular weight excluding hydrogens is 256 g/mol. The molecule has 0 saturated heterocycles. The van der Waals surface area contributed by atoms with Gasteiger partial charge in [0.05, 0.1) is 0 Å². The van der Waals surface area contributed by atoms with Gasteiger partial charge >= 0.3 is 5.97 Å². The second-order valence-corrected chi connectivity index (χ2v) is 5.19. The van der Waals surface area contributed by atoms with E-state index in [1.165, 1.54) is 44.2 Å². The molecular formula is C16H24O4. The van der Waals surface area contributed by atoms with Crippen LogP contribution in [0.4, 0.5) is 0 Å². The van der Waals surface area contributed by atoms with Crippen LogP contribution in [0.2, 0.25) is 0 Å². The van der Waals surface area contributed by atoms with Crippen LogP contribution in [0, 0.1) is 0 Å². The Balaban J connectivity index is 2.43. The standard InChI is InChI=1S/C16H24O4/c1-2-3-4-5-6-7-8-9-12-10-13(16(19)20)15(18)14(17)11-12/h10-11,17-18H,2-9H2,1H3,(H,19,20). The normalized spacial score (nSPS) is 10.7. The maximum absolute atomic E-state index is 10.9. The lowest BCUT2D eigenvalue weighted by Crippen LogP contribution is -1.99. The summed E-state index contributed by atoms with van der Waals surface area (Å²) >= 11 is 0. The fourth-order valence-corrected chi connectivity index (χ4v) is 2.27. The number of carboxylic acids is 1. The van der Waals surface area contributed by atoms with Gasteiger partial charge < -0.3 is 15.3 Å². The lowest BCUT2D eigenvalue weighted by molar-refractivity contribution is 0.0693. The van der Waals surface area contributed by atoms with Crippen molar-refractivity contribution in [2.75, 3.05) is 0 Å². The molecule has 4 heteroatoms. The molecule has 4 nitrogen and oxygen atoms in total. The summed E-state index contributed by atoms with van der Waals surface area (Å²) < 4.78 is 0. The van der Waals surface area contributed by atoms with Gasteiger partial charge in [-0.25, -0.2) is 4.79 Å². The van der Waals surface area contributed by atoms with Gasteiger partial charge in [0.2, 0.25) is 0 Å². The van der Waals surface area contributed by atoms with E-state index in [-0.39, 0.29) is 11.3 Å². The van der Waals surface area contributed by atoms with Gasteiger partial charge in [0.25, 0.3) is 0 Å². The number of aryl methyl sites for hydroxylation is 1. The number of aromatic carboxylic acids is 1. The maximum atomic E-state index is 10.9. The van der Waals surface area contributed by atoms with Crippen LogP contribution in [-0.4, -0.2) is 21.3 Å². The van der Waals surface area contributed by atoms with Gasteiger partial charge in [0.15, 0.2) is 11.5 Å². The molecule has 1 rings (SSSR count). The summed E-state index contributed by atoms with van der Waals surface area (Å²) in [6.07, 6.45) is 9.04. The summed E-state index contributed by atoms with van der Waals surface area (Å²) in [6.45, 7) is 2.19. The SMILES string of the molecule is CCCCCCCCCc1cc(O)c(O)c(C(=O)O)c1. The number of aromatic hydroxyl groups is 2. The molecule has 0 bridgehead atoms. The van der Waals surface area contributed by atoms with Crippen LogP contribution in [0.25, 0.3) is 0 Å². The first-order valence-electron chi connectivity index (χ1n) is 7.34. The molecule has 0 heterocycles. The predicted molar refractivity (Wildman–Crippen MR) is 78.4 cm³/mol. The largest absolute Gasteiger partial charge is 0.504 e. The summed E-state index contributed by atoms with van der Waals surface area (Å²) in [4.78, 5) is 10.9. The zero-order valence-corrected chi connectivity index (χ0v) is 12.1. The average molecular weight is 280 g/mol. The fourth-order valence-electron chi connectivity index (χ4n) is 2.27. The average Bonchev–Trinajstić information content (AvgIpc) is 2.41. The number of unbranched alkanes of at least 4 members (excludes halogenated alkanes) is 6. The molecule has 3 N–H and O–H groups in total. The topological polar surface area (TPSA) is 77.8 Å². The molecule has 20 heavy (non-hydrogen) atoms. The summed E-state index contributed by atoms with van der Waals surface area (Å²) in [5, 5.41) is 27.9. The van der Waals surface area contributed by atoms with Crippen LogP contribution in [0.15, 0.2) is 12.1 Å². The van der Waals surface area contributed by atoms with Crippen molar-refractivity contribution in [1.29, 1.82) is 0 Å². The first-order chi connectivity index (χ1) is 9.56. The van der Waals surface area contributed by atoms with E-state index < -0.39 is 11.7 Å². The Bertz CT molecular complexity index is 440. The van der Waals surface area contributed by atoms with E-state index in [4.69, 9.17) is 5.11 Å². The third-order valence-electron chi connectivity index (χ3n) is 3.45. The van der Waals surface area contributed by atoms with Gasteiger partial charge in [-0.05, 0) is 30.5 Å². The molecule has 0 aliphatic rings. The smallest absolute Gasteiger partial charge is 0.339 e. The number of hydrogen-bond acceptors (Lipinski definition) is 3. The van der Waals surface area contributed by atoms with Gasteiger partial charge in [-0.15, -0.1) is 0 Å². The number of benzene rings is 1. The van der Waals surface area contributed by atoms with Crippen molar-refractivity contribution in [2.45, 2.75) is 58.3 Å². The Morgan fingerprint density at radius 1 is 1.00 bits per heavy atom. The van der Waals surface area contributed by atoms with Crippen LogP contribution in [-0.2, 0) is 6.42 Å². The van der Waals surface area contributed by atoms with Crippen molar-refractivity contribution in [1.82, 2.24) is 0 Å². The first-order valence-corrected chi connectivity index (χ1v) is 7.34. The van der Waals surface area contributed by atoms with Crippen molar-refractivity contribution in [3.8, 4) is 11.5 Å². The van der Waals surface area contributed by atoms with E-state index >= 15 is 0 Å². The number of carbonyl (C=O) groups is 1. The molecule has 0 saturated carbocycles. The van der Waals surface area contributed by atoms with Gasteiger partial charge in [0, 0.05) is 0 Å². The van der Waals surface area contributed by atoms with Gasteiger partial charge in [-0.1, -0.05) is 45.4 Å². The molecule has 0 aromatic heterocycles. The quantitative estimate of drug-likeness (QED) is 0.470. The zero-order chi connectivity index (χ0) is 15.0. The third kappa shape index (κ3) is 5.11. The van der Waals surface area contributed by atoms with Crippen molar-refractivity contribution in [3.05, 3.63) is 23.3 Å². The Morgan fingerprint density at radius 2 is 1.60 bits per heavy atom. The second kappa shape index (κ2) is 8.46. The lowest BCUT2D eigenvalue weighted by Gasteiger charge is -2.07. The molecule has 0 unspecified atom stereocenters. The minimum Gasteiger partial charge on any atom is -0.504 e. The molecule has 0 aliphatic heterocycles. The van der Waals surface area contributed by atoms with E-state index in [1.807, 2.05) is 0 Å². The van der Waals surface area contributed by atoms with E-state index in [0.29, 0.717) is 0 Å². The first kappa shape index (κ1) is 16.3. The van der Waals surface area contributed by atoms with Gasteiger partial charge in [-0.3, -0.25) is 0 Å². The Hall–Kier alpha value is -1.71. The highest BCUT2D eigenvalue weighted by atomic mass is 16.4. The van der Waals surface area contributed by atoms with Gasteiger partial charge in [0.1, 0.15) is 5.56 Å². The van der Waals surface area contributed by atoms with E-state index in [9.17, 15) is 15.0 Å². The van der Waals surface area contributed by atoms with E-state index in [0.717, 1.165) is 24.8 Å². The number of hydrogen-bond donors (Lipinski definition) is 3. The van der Waals surface area contributed by atoms with Crippen LogP contribution >= 0.6 is 0 Å². The molecule has 0 aliphatic carbocycles. The Morgan fingerprint density at radius 3 is 2.20 bits per heavy atom. The molecule has 0 amide bonds.